The normalized spacial score (nSPS) is 11.7. The average molecular weight is 298 g/mol. The van der Waals surface area contributed by atoms with Crippen LogP contribution in [0.4, 0.5) is 0 Å². The highest BCUT2D eigenvalue weighted by atomic mass is 16.5. The van der Waals surface area contributed by atoms with Gasteiger partial charge in [0, 0.05) is 5.56 Å². The molecule has 0 aliphatic heterocycles. The van der Waals surface area contributed by atoms with Gasteiger partial charge >= 0.3 is 0 Å². The third-order valence-corrected chi connectivity index (χ3v) is 3.38. The maximum absolute atomic E-state index is 10.6. The summed E-state index contributed by atoms with van der Waals surface area (Å²) in [6.45, 7) is 4.73. The summed E-state index contributed by atoms with van der Waals surface area (Å²) in [5.41, 5.74) is 1.73. The molecule has 0 aliphatic rings. The molecule has 2 rings (SSSR count). The number of benzene rings is 2. The molecule has 0 N–H and O–H groups in total. The Labute approximate surface area is 131 Å². The highest BCUT2D eigenvalue weighted by molar-refractivity contribution is 5.74. The van der Waals surface area contributed by atoms with Crippen molar-refractivity contribution in [2.75, 3.05) is 0 Å². The van der Waals surface area contributed by atoms with E-state index in [0.717, 1.165) is 36.2 Å². The maximum atomic E-state index is 10.6. The minimum atomic E-state index is 0.239. The lowest BCUT2D eigenvalue weighted by molar-refractivity contribution is 0.112. The molecule has 2 aromatic rings. The Kier molecular flexibility index (Phi) is 6.01. The summed E-state index contributed by atoms with van der Waals surface area (Å²) >= 11 is 0. The van der Waals surface area contributed by atoms with Crippen molar-refractivity contribution in [2.24, 2.45) is 0 Å². The van der Waals surface area contributed by atoms with Gasteiger partial charge in [-0.3, -0.25) is 4.79 Å². The Bertz CT molecular complexity index is 573. The van der Waals surface area contributed by atoms with E-state index in [1.165, 1.54) is 0 Å². The molecule has 0 amide bonds. The summed E-state index contributed by atoms with van der Waals surface area (Å²) in [7, 11) is 0. The standard InChI is InChI=1S/C19H22O3/c1-3-4-15(2)22-19-11-7-17(8-12-19)14-21-18-9-5-16(13-20)6-10-18/h5-13,15H,3-4,14H2,1-2H3/t15-/m0/s1. The average Bonchev–Trinajstić information content (AvgIpc) is 2.55. The highest BCUT2D eigenvalue weighted by Crippen LogP contribution is 2.18. The van der Waals surface area contributed by atoms with E-state index >= 15 is 0 Å². The Morgan fingerprint density at radius 2 is 1.64 bits per heavy atom. The van der Waals surface area contributed by atoms with Crippen LogP contribution in [0.5, 0.6) is 11.5 Å². The SMILES string of the molecule is CCC[C@H](C)Oc1ccc(COc2ccc(C=O)cc2)cc1. The molecule has 3 nitrogen and oxygen atoms in total. The summed E-state index contributed by atoms with van der Waals surface area (Å²) in [5, 5.41) is 0. The first-order valence-corrected chi connectivity index (χ1v) is 7.65. The Hall–Kier alpha value is -2.29. The van der Waals surface area contributed by atoms with Gasteiger partial charge in [0.05, 0.1) is 6.10 Å². The molecule has 0 aliphatic carbocycles. The topological polar surface area (TPSA) is 35.5 Å². The van der Waals surface area contributed by atoms with Crippen molar-refractivity contribution in [2.45, 2.75) is 39.4 Å². The lowest BCUT2D eigenvalue weighted by atomic mass is 10.2. The Morgan fingerprint density at radius 1 is 1.00 bits per heavy atom. The zero-order chi connectivity index (χ0) is 15.8. The predicted molar refractivity (Wildman–Crippen MR) is 87.6 cm³/mol. The van der Waals surface area contributed by atoms with Gasteiger partial charge in [-0.15, -0.1) is 0 Å². The third kappa shape index (κ3) is 4.92. The van der Waals surface area contributed by atoms with Crippen LogP contribution in [0.25, 0.3) is 0 Å². The fourth-order valence-electron chi connectivity index (χ4n) is 2.17. The number of carbonyl (C=O) groups excluding carboxylic acids is 1. The molecular formula is C19H22O3. The van der Waals surface area contributed by atoms with Gasteiger partial charge in [0.2, 0.25) is 0 Å². The molecule has 2 aromatic carbocycles. The fourth-order valence-corrected chi connectivity index (χ4v) is 2.17. The second-order valence-electron chi connectivity index (χ2n) is 5.34. The van der Waals surface area contributed by atoms with Crippen molar-refractivity contribution in [3.63, 3.8) is 0 Å². The molecule has 0 heterocycles. The molecule has 0 spiro atoms. The summed E-state index contributed by atoms with van der Waals surface area (Å²) in [5.74, 6) is 1.64. The van der Waals surface area contributed by atoms with E-state index in [0.29, 0.717) is 12.2 Å². The lowest BCUT2D eigenvalue weighted by Crippen LogP contribution is -2.10. The van der Waals surface area contributed by atoms with Crippen LogP contribution in [0.2, 0.25) is 0 Å². The van der Waals surface area contributed by atoms with Crippen LogP contribution in [0, 0.1) is 0 Å². The van der Waals surface area contributed by atoms with E-state index in [2.05, 4.69) is 13.8 Å². The van der Waals surface area contributed by atoms with Crippen LogP contribution < -0.4 is 9.47 Å². The second-order valence-corrected chi connectivity index (χ2v) is 5.34. The molecule has 0 radical (unpaired) electrons. The summed E-state index contributed by atoms with van der Waals surface area (Å²) in [4.78, 5) is 10.6. The highest BCUT2D eigenvalue weighted by Gasteiger charge is 2.03. The second kappa shape index (κ2) is 8.23. The van der Waals surface area contributed by atoms with E-state index in [-0.39, 0.29) is 6.10 Å². The van der Waals surface area contributed by atoms with Gasteiger partial charge < -0.3 is 9.47 Å². The van der Waals surface area contributed by atoms with Crippen LogP contribution in [-0.2, 0) is 6.61 Å². The number of hydrogen-bond donors (Lipinski definition) is 0. The molecular weight excluding hydrogens is 276 g/mol. The molecule has 0 saturated heterocycles. The minimum Gasteiger partial charge on any atom is -0.491 e. The first kappa shape index (κ1) is 16.1. The van der Waals surface area contributed by atoms with Crippen molar-refractivity contribution in [3.05, 3.63) is 59.7 Å². The monoisotopic (exact) mass is 298 g/mol. The van der Waals surface area contributed by atoms with Crippen molar-refractivity contribution in [1.82, 2.24) is 0 Å². The molecule has 1 atom stereocenters. The first-order valence-electron chi connectivity index (χ1n) is 7.65. The quantitative estimate of drug-likeness (QED) is 0.666. The molecule has 0 fully saturated rings. The molecule has 0 saturated carbocycles. The fraction of sp³-hybridized carbons (Fsp3) is 0.316. The van der Waals surface area contributed by atoms with Crippen LogP contribution in [0.3, 0.4) is 0 Å². The van der Waals surface area contributed by atoms with E-state index in [9.17, 15) is 4.79 Å². The molecule has 0 bridgehead atoms. The number of hydrogen-bond acceptors (Lipinski definition) is 3. The predicted octanol–water partition coefficient (Wildman–Crippen LogP) is 4.65. The van der Waals surface area contributed by atoms with Gasteiger partial charge in [0.15, 0.2) is 0 Å². The number of carbonyl (C=O) groups is 1. The van der Waals surface area contributed by atoms with Gasteiger partial charge in [-0.05, 0) is 55.3 Å². The maximum Gasteiger partial charge on any atom is 0.150 e. The van der Waals surface area contributed by atoms with Gasteiger partial charge in [-0.1, -0.05) is 25.5 Å². The molecule has 3 heteroatoms. The largest absolute Gasteiger partial charge is 0.491 e. The summed E-state index contributed by atoms with van der Waals surface area (Å²) in [6, 6.07) is 15.0. The third-order valence-electron chi connectivity index (χ3n) is 3.38. The van der Waals surface area contributed by atoms with Crippen molar-refractivity contribution >= 4 is 6.29 Å². The van der Waals surface area contributed by atoms with Crippen LogP contribution >= 0.6 is 0 Å². The summed E-state index contributed by atoms with van der Waals surface area (Å²) in [6.07, 6.45) is 3.24. The van der Waals surface area contributed by atoms with Crippen LogP contribution in [0.15, 0.2) is 48.5 Å². The number of rotatable bonds is 8. The van der Waals surface area contributed by atoms with E-state index < -0.39 is 0 Å². The van der Waals surface area contributed by atoms with Crippen LogP contribution in [-0.4, -0.2) is 12.4 Å². The van der Waals surface area contributed by atoms with Gasteiger partial charge in [-0.2, -0.15) is 0 Å². The van der Waals surface area contributed by atoms with Crippen molar-refractivity contribution in [1.29, 1.82) is 0 Å². The van der Waals surface area contributed by atoms with E-state index in [1.54, 1.807) is 24.3 Å². The zero-order valence-corrected chi connectivity index (χ0v) is 13.1. The molecule has 0 unspecified atom stereocenters. The Balaban J connectivity index is 1.86. The minimum absolute atomic E-state index is 0.239. The van der Waals surface area contributed by atoms with Crippen molar-refractivity contribution in [3.8, 4) is 11.5 Å². The molecule has 116 valence electrons. The van der Waals surface area contributed by atoms with Gasteiger partial charge in [0.25, 0.3) is 0 Å². The summed E-state index contributed by atoms with van der Waals surface area (Å²) < 4.78 is 11.5. The zero-order valence-electron chi connectivity index (χ0n) is 13.1. The number of aldehydes is 1. The number of ether oxygens (including phenoxy) is 2. The molecule has 0 aromatic heterocycles. The molecule has 22 heavy (non-hydrogen) atoms. The Morgan fingerprint density at radius 3 is 2.23 bits per heavy atom. The van der Waals surface area contributed by atoms with E-state index in [4.69, 9.17) is 9.47 Å². The van der Waals surface area contributed by atoms with Crippen molar-refractivity contribution < 1.29 is 14.3 Å². The van der Waals surface area contributed by atoms with Crippen LogP contribution in [0.1, 0.15) is 42.6 Å². The van der Waals surface area contributed by atoms with Gasteiger partial charge in [0.1, 0.15) is 24.4 Å². The smallest absolute Gasteiger partial charge is 0.150 e. The first-order chi connectivity index (χ1) is 10.7. The lowest BCUT2D eigenvalue weighted by Gasteiger charge is -2.14. The van der Waals surface area contributed by atoms with Gasteiger partial charge in [-0.25, -0.2) is 0 Å². The van der Waals surface area contributed by atoms with E-state index in [1.807, 2.05) is 24.3 Å².